The molecule has 0 amide bonds. The van der Waals surface area contributed by atoms with Gasteiger partial charge in [0, 0.05) is 28.4 Å². The largest absolute Gasteiger partial charge is 0.463 e. The molecule has 1 aromatic carbocycles. The van der Waals surface area contributed by atoms with Gasteiger partial charge in [0.15, 0.2) is 5.78 Å². The Morgan fingerprint density at radius 3 is 2.43 bits per heavy atom. The number of allylic oxidation sites excluding steroid dienone is 4. The van der Waals surface area contributed by atoms with Crippen LogP contribution in [0.2, 0.25) is 5.02 Å². The molecule has 1 aliphatic rings. The fourth-order valence-electron chi connectivity index (χ4n) is 4.07. The molecule has 6 nitrogen and oxygen atoms in total. The number of nitrogens with one attached hydrogen (secondary N) is 1. The molecule has 0 aliphatic carbocycles. The Balaban J connectivity index is 2.27. The highest BCUT2D eigenvalue weighted by atomic mass is 35.5. The van der Waals surface area contributed by atoms with Crippen LogP contribution in [0.15, 0.2) is 74.2 Å². The van der Waals surface area contributed by atoms with Gasteiger partial charge in [0.05, 0.1) is 27.8 Å². The van der Waals surface area contributed by atoms with Crippen LogP contribution in [0.4, 0.5) is 0 Å². The van der Waals surface area contributed by atoms with Gasteiger partial charge in [0.25, 0.3) is 0 Å². The molecule has 0 spiro atoms. The van der Waals surface area contributed by atoms with E-state index in [1.165, 1.54) is 12.1 Å². The van der Waals surface area contributed by atoms with Gasteiger partial charge < -0.3 is 14.5 Å². The van der Waals surface area contributed by atoms with Crippen LogP contribution in [0.3, 0.4) is 0 Å². The summed E-state index contributed by atoms with van der Waals surface area (Å²) in [6.07, 6.45) is 2.79. The molecule has 1 unspecified atom stereocenters. The minimum atomic E-state index is -0.881. The fourth-order valence-corrected chi connectivity index (χ4v) is 4.76. The molecule has 0 radical (unpaired) electrons. The molecule has 0 fully saturated rings. The van der Waals surface area contributed by atoms with Crippen LogP contribution in [0, 0.1) is 12.8 Å². The third kappa shape index (κ3) is 5.77. The number of carbonyl (C=O) groups excluding carboxylic acids is 2. The summed E-state index contributed by atoms with van der Waals surface area (Å²) < 4.78 is 10.5. The minimum absolute atomic E-state index is 0.0283. The normalized spacial score (nSPS) is 16.3. The van der Waals surface area contributed by atoms with Crippen molar-refractivity contribution in [3.63, 3.8) is 0 Å². The number of dihydropyridines is 1. The summed E-state index contributed by atoms with van der Waals surface area (Å²) in [7, 11) is 0. The average Bonchev–Trinajstić information content (AvgIpc) is 2.79. The molecule has 8 heteroatoms. The van der Waals surface area contributed by atoms with Crippen molar-refractivity contribution in [1.82, 2.24) is 5.32 Å². The second-order valence-corrected chi connectivity index (χ2v) is 8.90. The van der Waals surface area contributed by atoms with Gasteiger partial charge in [-0.2, -0.15) is 0 Å². The highest BCUT2D eigenvalue weighted by Crippen LogP contribution is 2.38. The maximum absolute atomic E-state index is 13.7. The Morgan fingerprint density at radius 2 is 1.83 bits per heavy atom. The summed E-state index contributed by atoms with van der Waals surface area (Å²) in [6, 6.07) is 10.2. The van der Waals surface area contributed by atoms with Gasteiger partial charge in [-0.15, -0.1) is 0 Å². The lowest BCUT2D eigenvalue weighted by atomic mass is 9.80. The molecule has 2 heterocycles. The number of hydrogen-bond acceptors (Lipinski definition) is 6. The topological polar surface area (TPSA) is 85.6 Å². The molecule has 1 atom stereocenters. The monoisotopic (exact) mass is 515 g/mol. The molecular weight excluding hydrogens is 489 g/mol. The molecule has 184 valence electrons. The average molecular weight is 516 g/mol. The maximum atomic E-state index is 13.7. The van der Waals surface area contributed by atoms with Crippen LogP contribution in [0.5, 0.6) is 0 Å². The zero-order valence-electron chi connectivity index (χ0n) is 20.0. The second-order valence-electron chi connectivity index (χ2n) is 8.08. The Hall–Kier alpha value is -3.09. The summed E-state index contributed by atoms with van der Waals surface area (Å²) in [5, 5.41) is 3.32. The third-order valence-corrected chi connectivity index (χ3v) is 6.16. The quantitative estimate of drug-likeness (QED) is 0.334. The molecule has 0 saturated carbocycles. The molecule has 0 bridgehead atoms. The zero-order chi connectivity index (χ0) is 25.7. The van der Waals surface area contributed by atoms with Crippen molar-refractivity contribution in [2.45, 2.75) is 40.5 Å². The van der Waals surface area contributed by atoms with E-state index in [-0.39, 0.29) is 33.6 Å². The van der Waals surface area contributed by atoms with Crippen LogP contribution in [0.25, 0.3) is 5.03 Å². The van der Waals surface area contributed by atoms with Crippen LogP contribution >= 0.6 is 23.2 Å². The summed E-state index contributed by atoms with van der Waals surface area (Å²) in [5.74, 6) is -1.39. The maximum Gasteiger partial charge on any atom is 0.346 e. The van der Waals surface area contributed by atoms with Crippen LogP contribution in [-0.2, 0) is 9.53 Å². The first kappa shape index (κ1) is 26.5. The highest BCUT2D eigenvalue weighted by Gasteiger charge is 2.36. The van der Waals surface area contributed by atoms with Gasteiger partial charge in [0.2, 0.25) is 0 Å². The van der Waals surface area contributed by atoms with Crippen molar-refractivity contribution < 1.29 is 18.7 Å². The van der Waals surface area contributed by atoms with E-state index in [0.29, 0.717) is 34.7 Å². The summed E-state index contributed by atoms with van der Waals surface area (Å²) >= 11 is 12.9. The van der Waals surface area contributed by atoms with Gasteiger partial charge >= 0.3 is 11.6 Å². The number of Topliss-reactive ketones (excluding diaryl/α,β-unsaturated/α-hetero) is 1. The molecule has 35 heavy (non-hydrogen) atoms. The number of esters is 1. The van der Waals surface area contributed by atoms with Crippen molar-refractivity contribution in [1.29, 1.82) is 0 Å². The lowest BCUT2D eigenvalue weighted by molar-refractivity contribution is -0.139. The van der Waals surface area contributed by atoms with E-state index in [9.17, 15) is 14.4 Å². The van der Waals surface area contributed by atoms with Crippen LogP contribution in [0.1, 0.15) is 55.3 Å². The molecular formula is C27H27Cl2NO5. The number of aryl methyl sites for hydroxylation is 1. The number of carbonyl (C=O) groups is 2. The number of ketones is 1. The first-order chi connectivity index (χ1) is 16.7. The minimum Gasteiger partial charge on any atom is -0.463 e. The molecule has 1 aliphatic heterocycles. The van der Waals surface area contributed by atoms with Crippen molar-refractivity contribution in [3.05, 3.63) is 97.3 Å². The summed E-state index contributed by atoms with van der Waals surface area (Å²) in [5.41, 5.74) is 1.52. The van der Waals surface area contributed by atoms with Gasteiger partial charge in [-0.05, 0) is 33.3 Å². The van der Waals surface area contributed by atoms with E-state index < -0.39 is 17.5 Å². The number of benzene rings is 1. The summed E-state index contributed by atoms with van der Waals surface area (Å²) in [4.78, 5) is 39.4. The number of ether oxygens (including phenoxy) is 1. The van der Waals surface area contributed by atoms with Gasteiger partial charge in [-0.25, -0.2) is 9.59 Å². The van der Waals surface area contributed by atoms with Crippen molar-refractivity contribution in [2.75, 3.05) is 6.61 Å². The van der Waals surface area contributed by atoms with Crippen LogP contribution < -0.4 is 10.9 Å². The standard InChI is InChI=1S/C27H27Cl2NO5/c1-5-10-21-23(26(32)34-6-2)18(14-20(29)24-19(28)13-15(3)35-27(24)33)22(16(4)30-21)25(31)17-11-8-7-9-12-17/h7-9,11-14,18,30H,5-6,10H2,1-4H3/b20-14-. The van der Waals surface area contributed by atoms with E-state index >= 15 is 0 Å². The number of hydrogen-bond donors (Lipinski definition) is 1. The zero-order valence-corrected chi connectivity index (χ0v) is 21.5. The van der Waals surface area contributed by atoms with Crippen molar-refractivity contribution in [3.8, 4) is 0 Å². The van der Waals surface area contributed by atoms with E-state index in [4.69, 9.17) is 32.4 Å². The molecule has 1 aromatic heterocycles. The second kappa shape index (κ2) is 11.6. The lowest BCUT2D eigenvalue weighted by Gasteiger charge is -2.30. The lowest BCUT2D eigenvalue weighted by Crippen LogP contribution is -2.33. The van der Waals surface area contributed by atoms with E-state index in [0.717, 1.165) is 6.42 Å². The number of rotatable bonds is 8. The van der Waals surface area contributed by atoms with Gasteiger partial charge in [-0.1, -0.05) is 73.0 Å². The van der Waals surface area contributed by atoms with Gasteiger partial charge in [0.1, 0.15) is 5.76 Å². The first-order valence-corrected chi connectivity index (χ1v) is 12.1. The highest BCUT2D eigenvalue weighted by molar-refractivity contribution is 6.50. The predicted octanol–water partition coefficient (Wildman–Crippen LogP) is 6.17. The van der Waals surface area contributed by atoms with E-state index in [2.05, 4.69) is 5.32 Å². The molecule has 3 rings (SSSR count). The number of halogens is 2. The molecule has 2 aromatic rings. The smallest absolute Gasteiger partial charge is 0.346 e. The third-order valence-electron chi connectivity index (χ3n) is 5.54. The Kier molecular flexibility index (Phi) is 8.76. The van der Waals surface area contributed by atoms with Crippen LogP contribution in [-0.4, -0.2) is 18.4 Å². The van der Waals surface area contributed by atoms with Gasteiger partial charge in [-0.3, -0.25) is 4.79 Å². The Morgan fingerprint density at radius 1 is 1.14 bits per heavy atom. The molecule has 1 N–H and O–H groups in total. The Labute approximate surface area is 214 Å². The van der Waals surface area contributed by atoms with E-state index in [1.807, 2.05) is 13.0 Å². The van der Waals surface area contributed by atoms with Crippen molar-refractivity contribution in [2.24, 2.45) is 5.92 Å². The Bertz CT molecular complexity index is 1290. The summed E-state index contributed by atoms with van der Waals surface area (Å²) in [6.45, 7) is 7.22. The fraction of sp³-hybridized carbons (Fsp3) is 0.296. The van der Waals surface area contributed by atoms with Crippen molar-refractivity contribution >= 4 is 40.0 Å². The predicted molar refractivity (Wildman–Crippen MR) is 137 cm³/mol. The SMILES string of the molecule is CCCC1=C(C(=O)OCC)C(/C=C(\Cl)c2c(Cl)cc(C)oc2=O)C(C(=O)c2ccccc2)=C(C)N1. The first-order valence-electron chi connectivity index (χ1n) is 11.3. The van der Waals surface area contributed by atoms with E-state index in [1.54, 1.807) is 45.0 Å². The molecule has 0 saturated heterocycles.